The van der Waals surface area contributed by atoms with Gasteiger partial charge in [-0.05, 0) is 34.7 Å². The van der Waals surface area contributed by atoms with Gasteiger partial charge in [0.05, 0.1) is 11.6 Å². The fraction of sp³-hybridized carbons (Fsp3) is 0.333. The first kappa shape index (κ1) is 20.0. The Kier molecular flexibility index (Phi) is 5.78. The molecular formula is C18H18F3N5OS. The summed E-state index contributed by atoms with van der Waals surface area (Å²) in [5, 5.41) is 16.4. The minimum atomic E-state index is -4.46. The van der Waals surface area contributed by atoms with E-state index in [1.807, 2.05) is 31.4 Å². The first-order valence-corrected chi connectivity index (χ1v) is 9.40. The molecule has 6 nitrogen and oxygen atoms in total. The van der Waals surface area contributed by atoms with Gasteiger partial charge in [0, 0.05) is 10.4 Å². The van der Waals surface area contributed by atoms with Gasteiger partial charge in [-0.25, -0.2) is 0 Å². The number of halogens is 3. The number of alkyl halides is 3. The van der Waals surface area contributed by atoms with Gasteiger partial charge in [0.1, 0.15) is 6.54 Å². The highest BCUT2D eigenvalue weighted by molar-refractivity contribution is 7.10. The summed E-state index contributed by atoms with van der Waals surface area (Å²) in [6.07, 6.45) is -4.46. The van der Waals surface area contributed by atoms with E-state index < -0.39 is 11.7 Å². The molecule has 3 aromatic rings. The van der Waals surface area contributed by atoms with Gasteiger partial charge in [-0.15, -0.1) is 21.5 Å². The van der Waals surface area contributed by atoms with Gasteiger partial charge in [0.2, 0.25) is 11.7 Å². The molecule has 0 unspecified atom stereocenters. The molecule has 2 heterocycles. The number of aromatic nitrogens is 4. The van der Waals surface area contributed by atoms with Crippen molar-refractivity contribution in [2.75, 3.05) is 0 Å². The Morgan fingerprint density at radius 2 is 2.04 bits per heavy atom. The second-order valence-corrected chi connectivity index (χ2v) is 7.51. The Hall–Kier alpha value is -2.75. The Morgan fingerprint density at radius 3 is 2.68 bits per heavy atom. The van der Waals surface area contributed by atoms with Crippen LogP contribution in [0.2, 0.25) is 0 Å². The van der Waals surface area contributed by atoms with E-state index in [2.05, 4.69) is 20.7 Å². The fourth-order valence-electron chi connectivity index (χ4n) is 2.64. The van der Waals surface area contributed by atoms with Crippen LogP contribution in [0.3, 0.4) is 0 Å². The van der Waals surface area contributed by atoms with E-state index in [1.165, 1.54) is 12.1 Å². The molecule has 148 valence electrons. The summed E-state index contributed by atoms with van der Waals surface area (Å²) in [6, 6.07) is 8.39. The van der Waals surface area contributed by atoms with Crippen molar-refractivity contribution < 1.29 is 18.0 Å². The number of benzene rings is 1. The average molecular weight is 409 g/mol. The van der Waals surface area contributed by atoms with E-state index >= 15 is 0 Å². The summed E-state index contributed by atoms with van der Waals surface area (Å²) in [7, 11) is 0. The molecule has 0 aliphatic heterocycles. The number of carbonyl (C=O) groups is 1. The smallest absolute Gasteiger partial charge is 0.347 e. The summed E-state index contributed by atoms with van der Waals surface area (Å²) in [6.45, 7) is 3.83. The van der Waals surface area contributed by atoms with Crippen LogP contribution in [-0.4, -0.2) is 26.1 Å². The van der Waals surface area contributed by atoms with Crippen LogP contribution in [0, 0.1) is 5.92 Å². The monoisotopic (exact) mass is 409 g/mol. The average Bonchev–Trinajstić information content (AvgIpc) is 3.31. The van der Waals surface area contributed by atoms with Crippen molar-refractivity contribution in [3.05, 3.63) is 52.2 Å². The molecule has 0 bridgehead atoms. The number of hydrogen-bond acceptors (Lipinski definition) is 5. The normalized spacial score (nSPS) is 12.9. The minimum absolute atomic E-state index is 0.0255. The van der Waals surface area contributed by atoms with Crippen LogP contribution in [0.5, 0.6) is 0 Å². The van der Waals surface area contributed by atoms with Crippen molar-refractivity contribution in [1.29, 1.82) is 0 Å². The molecule has 0 spiro atoms. The number of nitrogens with one attached hydrogen (secondary N) is 1. The van der Waals surface area contributed by atoms with Crippen LogP contribution in [0.1, 0.15) is 30.3 Å². The Labute approximate surface area is 163 Å². The third-order valence-electron chi connectivity index (χ3n) is 4.02. The lowest BCUT2D eigenvalue weighted by molar-refractivity contribution is -0.137. The van der Waals surface area contributed by atoms with Crippen molar-refractivity contribution in [1.82, 2.24) is 25.5 Å². The predicted octanol–water partition coefficient (Wildman–Crippen LogP) is 3.93. The highest BCUT2D eigenvalue weighted by Gasteiger charge is 2.30. The maximum atomic E-state index is 12.9. The van der Waals surface area contributed by atoms with Crippen molar-refractivity contribution in [2.24, 2.45) is 5.92 Å². The zero-order chi connectivity index (χ0) is 20.3. The first-order chi connectivity index (χ1) is 13.2. The second-order valence-electron chi connectivity index (χ2n) is 6.53. The van der Waals surface area contributed by atoms with Crippen molar-refractivity contribution in [3.8, 4) is 11.4 Å². The third-order valence-corrected chi connectivity index (χ3v) is 4.97. The topological polar surface area (TPSA) is 72.7 Å². The molecule has 0 saturated heterocycles. The summed E-state index contributed by atoms with van der Waals surface area (Å²) < 4.78 is 38.6. The van der Waals surface area contributed by atoms with Crippen molar-refractivity contribution in [3.63, 3.8) is 0 Å². The van der Waals surface area contributed by atoms with Crippen LogP contribution in [0.15, 0.2) is 41.8 Å². The maximum Gasteiger partial charge on any atom is 0.416 e. The predicted molar refractivity (Wildman–Crippen MR) is 98.3 cm³/mol. The van der Waals surface area contributed by atoms with Gasteiger partial charge in [0.25, 0.3) is 0 Å². The van der Waals surface area contributed by atoms with Crippen LogP contribution in [-0.2, 0) is 17.5 Å². The molecule has 0 aliphatic carbocycles. The molecule has 1 amide bonds. The number of hydrogen-bond donors (Lipinski definition) is 1. The largest absolute Gasteiger partial charge is 0.416 e. The van der Waals surface area contributed by atoms with E-state index in [0.717, 1.165) is 21.8 Å². The highest BCUT2D eigenvalue weighted by Crippen LogP contribution is 2.31. The van der Waals surface area contributed by atoms with E-state index in [-0.39, 0.29) is 35.8 Å². The first-order valence-electron chi connectivity index (χ1n) is 8.52. The van der Waals surface area contributed by atoms with Gasteiger partial charge in [0.15, 0.2) is 0 Å². The SMILES string of the molecule is CC(C)[C@H](NC(=O)Cn1nnc(-c2cccc(C(F)(F)F)c2)n1)c1cccs1. The van der Waals surface area contributed by atoms with Gasteiger partial charge in [-0.3, -0.25) is 4.79 Å². The molecule has 2 aromatic heterocycles. The molecule has 0 fully saturated rings. The number of rotatable bonds is 6. The number of amides is 1. The van der Waals surface area contributed by atoms with Crippen LogP contribution >= 0.6 is 11.3 Å². The quantitative estimate of drug-likeness (QED) is 0.670. The van der Waals surface area contributed by atoms with E-state index in [0.29, 0.717) is 0 Å². The Bertz CT molecular complexity index is 937. The molecule has 28 heavy (non-hydrogen) atoms. The van der Waals surface area contributed by atoms with Gasteiger partial charge < -0.3 is 5.32 Å². The zero-order valence-electron chi connectivity index (χ0n) is 15.1. The summed E-state index contributed by atoms with van der Waals surface area (Å²) in [4.78, 5) is 14.5. The van der Waals surface area contributed by atoms with E-state index in [9.17, 15) is 18.0 Å². The number of carbonyl (C=O) groups excluding carboxylic acids is 1. The third kappa shape index (κ3) is 4.75. The Balaban J connectivity index is 1.70. The fourth-order valence-corrected chi connectivity index (χ4v) is 3.59. The molecule has 10 heteroatoms. The molecule has 1 aromatic carbocycles. The Morgan fingerprint density at radius 1 is 1.25 bits per heavy atom. The number of nitrogens with zero attached hydrogens (tertiary/aromatic N) is 4. The second kappa shape index (κ2) is 8.09. The molecule has 1 atom stereocenters. The number of tetrazole rings is 1. The van der Waals surface area contributed by atoms with E-state index in [4.69, 9.17) is 0 Å². The molecule has 3 rings (SSSR count). The standard InChI is InChI=1S/C18H18F3N5OS/c1-11(2)16(14-7-4-8-28-14)22-15(27)10-26-24-17(23-25-26)12-5-3-6-13(9-12)18(19,20)21/h3-9,11,16H,10H2,1-2H3,(H,22,27)/t16-/m0/s1. The molecule has 1 N–H and O–H groups in total. The van der Waals surface area contributed by atoms with E-state index in [1.54, 1.807) is 11.3 Å². The lowest BCUT2D eigenvalue weighted by Crippen LogP contribution is -2.34. The molecule has 0 radical (unpaired) electrons. The summed E-state index contributed by atoms with van der Waals surface area (Å²) >= 11 is 1.56. The van der Waals surface area contributed by atoms with Gasteiger partial charge in [-0.2, -0.15) is 18.0 Å². The highest BCUT2D eigenvalue weighted by atomic mass is 32.1. The minimum Gasteiger partial charge on any atom is -0.347 e. The molecule has 0 saturated carbocycles. The van der Waals surface area contributed by atoms with Crippen molar-refractivity contribution >= 4 is 17.2 Å². The molecular weight excluding hydrogens is 391 g/mol. The number of thiophene rings is 1. The zero-order valence-corrected chi connectivity index (χ0v) is 16.0. The van der Waals surface area contributed by atoms with Crippen LogP contribution < -0.4 is 5.32 Å². The maximum absolute atomic E-state index is 12.9. The van der Waals surface area contributed by atoms with Gasteiger partial charge in [-0.1, -0.05) is 32.0 Å². The summed E-state index contributed by atoms with van der Waals surface area (Å²) in [5.41, 5.74) is -0.616. The van der Waals surface area contributed by atoms with Crippen LogP contribution in [0.4, 0.5) is 13.2 Å². The van der Waals surface area contributed by atoms with Crippen LogP contribution in [0.25, 0.3) is 11.4 Å². The molecule has 0 aliphatic rings. The van der Waals surface area contributed by atoms with Crippen molar-refractivity contribution in [2.45, 2.75) is 32.6 Å². The lowest BCUT2D eigenvalue weighted by Gasteiger charge is -2.21. The lowest BCUT2D eigenvalue weighted by atomic mass is 10.0. The summed E-state index contributed by atoms with van der Waals surface area (Å²) in [5.74, 6) is -0.0929. The van der Waals surface area contributed by atoms with Gasteiger partial charge >= 0.3 is 6.18 Å².